The van der Waals surface area contributed by atoms with E-state index >= 15 is 0 Å². The Bertz CT molecular complexity index is 2260. The van der Waals surface area contributed by atoms with Gasteiger partial charge >= 0.3 is 11.9 Å². The average molecular weight is 642 g/mol. The molecular weight excluding hydrogens is 606 g/mol. The molecule has 0 radical (unpaired) electrons. The first kappa shape index (κ1) is 32.0. The first-order valence-corrected chi connectivity index (χ1v) is 15.5. The van der Waals surface area contributed by atoms with Gasteiger partial charge in [0.15, 0.2) is 22.4 Å². The number of fused-ring (bicyclic) bond motifs is 1. The van der Waals surface area contributed by atoms with E-state index in [-0.39, 0.29) is 59.2 Å². The second-order valence-corrected chi connectivity index (χ2v) is 12.2. The highest BCUT2D eigenvalue weighted by molar-refractivity contribution is 6.38. The number of phenolic OH excluding ortho intramolecular Hbond substituents is 1. The number of aliphatic hydroxyl groups excluding tert-OH is 2. The second kappa shape index (κ2) is 12.3. The highest BCUT2D eigenvalue weighted by Crippen LogP contribution is 2.53. The minimum atomic E-state index is -0.955. The van der Waals surface area contributed by atoms with Crippen LogP contribution in [0.2, 0.25) is 0 Å². The number of carboxylic acid groups (broad SMARTS) is 2. The number of aliphatic hydroxyl groups is 2. The molecule has 1 aliphatic carbocycles. The van der Waals surface area contributed by atoms with Gasteiger partial charge in [0, 0.05) is 41.4 Å². The van der Waals surface area contributed by atoms with Crippen LogP contribution in [0.1, 0.15) is 66.8 Å². The van der Waals surface area contributed by atoms with Crippen molar-refractivity contribution in [1.29, 1.82) is 0 Å². The lowest BCUT2D eigenvalue weighted by atomic mass is 9.80. The number of benzene rings is 5. The van der Waals surface area contributed by atoms with Crippen LogP contribution >= 0.6 is 0 Å². The van der Waals surface area contributed by atoms with Gasteiger partial charge in [0.25, 0.3) is 0 Å². The van der Waals surface area contributed by atoms with Crippen molar-refractivity contribution < 1.29 is 39.9 Å². The fourth-order valence-corrected chi connectivity index (χ4v) is 7.46. The molecular formula is C36H35NO10. The van der Waals surface area contributed by atoms with Gasteiger partial charge in [-0.1, -0.05) is 11.6 Å². The molecule has 0 spiro atoms. The molecule has 0 aliphatic heterocycles. The van der Waals surface area contributed by atoms with Gasteiger partial charge in [-0.15, -0.1) is 0 Å². The zero-order valence-corrected chi connectivity index (χ0v) is 26.1. The van der Waals surface area contributed by atoms with Crippen LogP contribution in [0.5, 0.6) is 11.5 Å². The number of ether oxygens (including phenoxy) is 1. The largest absolute Gasteiger partial charge is 0.504 e. The maximum absolute atomic E-state index is 14.1. The van der Waals surface area contributed by atoms with Crippen molar-refractivity contribution in [3.05, 3.63) is 66.0 Å². The Morgan fingerprint density at radius 1 is 0.809 bits per heavy atom. The summed E-state index contributed by atoms with van der Waals surface area (Å²) in [7, 11) is 1.41. The summed E-state index contributed by atoms with van der Waals surface area (Å²) in [4.78, 5) is 50.4. The first-order valence-electron chi connectivity index (χ1n) is 15.5. The van der Waals surface area contributed by atoms with E-state index in [1.165, 1.54) is 19.2 Å². The van der Waals surface area contributed by atoms with Crippen molar-refractivity contribution in [1.82, 2.24) is 0 Å². The predicted octanol–water partition coefficient (Wildman–Crippen LogP) is 4.63. The molecule has 6 N–H and O–H groups in total. The fraction of sp³-hybridized carbons (Fsp3) is 0.333. The molecule has 47 heavy (non-hydrogen) atoms. The first-order chi connectivity index (χ1) is 22.5. The molecule has 6 rings (SSSR count). The quantitative estimate of drug-likeness (QED) is 0.0597. The van der Waals surface area contributed by atoms with Crippen molar-refractivity contribution in [3.63, 3.8) is 0 Å². The number of aliphatic carboxylic acids is 2. The monoisotopic (exact) mass is 641 g/mol. The van der Waals surface area contributed by atoms with E-state index < -0.39 is 30.6 Å². The van der Waals surface area contributed by atoms with E-state index in [4.69, 9.17) is 4.74 Å². The third-order valence-electron chi connectivity index (χ3n) is 9.25. The minimum absolute atomic E-state index is 0.00562. The Labute approximate surface area is 268 Å². The maximum Gasteiger partial charge on any atom is 0.303 e. The number of carbonyl (C=O) groups is 2. The predicted molar refractivity (Wildman–Crippen MR) is 179 cm³/mol. The van der Waals surface area contributed by atoms with Crippen molar-refractivity contribution in [2.45, 2.75) is 65.1 Å². The molecule has 11 heteroatoms. The topological polar surface area (TPSA) is 191 Å². The minimum Gasteiger partial charge on any atom is -0.504 e. The molecule has 0 fully saturated rings. The number of methoxy groups -OCH3 is 1. The van der Waals surface area contributed by atoms with Crippen molar-refractivity contribution in [2.24, 2.45) is 0 Å². The van der Waals surface area contributed by atoms with Gasteiger partial charge in [0.2, 0.25) is 0 Å². The number of unbranched alkanes of at least 4 members (excludes halogenated alkanes) is 1. The van der Waals surface area contributed by atoms with Crippen LogP contribution in [-0.2, 0) is 35.6 Å². The summed E-state index contributed by atoms with van der Waals surface area (Å²) in [5.41, 5.74) is 3.14. The summed E-state index contributed by atoms with van der Waals surface area (Å²) in [5.74, 6) is -2.08. The van der Waals surface area contributed by atoms with E-state index in [1.54, 1.807) is 0 Å². The number of nitrogens with one attached hydrogen (secondary N) is 1. The van der Waals surface area contributed by atoms with Gasteiger partial charge in [-0.05, 0) is 95.0 Å². The molecule has 0 aromatic heterocycles. The Morgan fingerprint density at radius 3 is 2.00 bits per heavy atom. The van der Waals surface area contributed by atoms with Gasteiger partial charge < -0.3 is 35.6 Å². The van der Waals surface area contributed by atoms with Gasteiger partial charge in [0.05, 0.1) is 31.1 Å². The van der Waals surface area contributed by atoms with Gasteiger partial charge in [0.1, 0.15) is 0 Å². The summed E-state index contributed by atoms with van der Waals surface area (Å²) in [6.45, 7) is 1.12. The molecule has 0 saturated heterocycles. The number of anilines is 1. The van der Waals surface area contributed by atoms with Crippen LogP contribution in [0.25, 0.3) is 49.2 Å². The van der Waals surface area contributed by atoms with Gasteiger partial charge in [-0.25, -0.2) is 0 Å². The van der Waals surface area contributed by atoms with Crippen LogP contribution in [-0.4, -0.2) is 51.1 Å². The number of carboxylic acids is 2. The number of hydrogen-bond acceptors (Lipinski definition) is 9. The number of hydrogen-bond donors (Lipinski definition) is 6. The standard InChI is InChI=1S/C36H35NO10/c1-16-10-20-19(6-3-4-7-24(42)43)34(37-9-5-8-25(44)45)30-22(40)12-17(14-38)26-27-18(15-39)13-23(41)31-33(27)29(28(20)32(26)30)21(11-16)36(47-2)35(31)46/h10,12-13,37-39,46H,3-9,11,14-15H2,1-2H3,(H,42,43)(H,44,45). The molecule has 0 amide bonds. The summed E-state index contributed by atoms with van der Waals surface area (Å²) in [5, 5.41) is 58.0. The van der Waals surface area contributed by atoms with Crippen LogP contribution in [0, 0.1) is 0 Å². The lowest BCUT2D eigenvalue weighted by Gasteiger charge is -2.25. The molecule has 0 unspecified atom stereocenters. The molecule has 244 valence electrons. The Balaban J connectivity index is 1.90. The normalized spacial score (nSPS) is 12.8. The van der Waals surface area contributed by atoms with Crippen molar-refractivity contribution >= 4 is 66.8 Å². The average Bonchev–Trinajstić information content (AvgIpc) is 3.17. The molecule has 1 aliphatic rings. The Morgan fingerprint density at radius 2 is 1.40 bits per heavy atom. The lowest BCUT2D eigenvalue weighted by molar-refractivity contribution is -0.138. The van der Waals surface area contributed by atoms with Crippen LogP contribution < -0.4 is 20.9 Å². The van der Waals surface area contributed by atoms with Crippen LogP contribution in [0.15, 0.2) is 27.3 Å². The zero-order valence-electron chi connectivity index (χ0n) is 26.1. The zero-order chi connectivity index (χ0) is 33.7. The lowest BCUT2D eigenvalue weighted by Crippen LogP contribution is -2.15. The molecule has 0 heterocycles. The third-order valence-corrected chi connectivity index (χ3v) is 9.25. The summed E-state index contributed by atoms with van der Waals surface area (Å²) in [6, 6.07) is 2.60. The number of phenols is 1. The van der Waals surface area contributed by atoms with Crippen LogP contribution in [0.4, 0.5) is 5.69 Å². The summed E-state index contributed by atoms with van der Waals surface area (Å²) in [6.07, 6.45) is 3.72. The highest BCUT2D eigenvalue weighted by atomic mass is 16.5. The number of rotatable bonds is 13. The van der Waals surface area contributed by atoms with E-state index in [1.807, 2.05) is 13.0 Å². The molecule has 11 nitrogen and oxygen atoms in total. The number of aromatic hydroxyl groups is 1. The van der Waals surface area contributed by atoms with Gasteiger partial charge in [-0.3, -0.25) is 19.2 Å². The summed E-state index contributed by atoms with van der Waals surface area (Å²) >= 11 is 0. The highest BCUT2D eigenvalue weighted by Gasteiger charge is 2.32. The fourth-order valence-electron chi connectivity index (χ4n) is 7.46. The smallest absolute Gasteiger partial charge is 0.303 e. The second-order valence-electron chi connectivity index (χ2n) is 12.2. The molecule has 5 aromatic rings. The van der Waals surface area contributed by atoms with Crippen LogP contribution in [0.3, 0.4) is 0 Å². The van der Waals surface area contributed by atoms with E-state index in [0.29, 0.717) is 74.6 Å². The summed E-state index contributed by atoms with van der Waals surface area (Å²) < 4.78 is 5.74. The Kier molecular flexibility index (Phi) is 8.37. The maximum atomic E-state index is 14.1. The van der Waals surface area contributed by atoms with Crippen molar-refractivity contribution in [3.8, 4) is 11.5 Å². The van der Waals surface area contributed by atoms with E-state index in [2.05, 4.69) is 5.32 Å². The van der Waals surface area contributed by atoms with E-state index in [9.17, 15) is 44.7 Å². The molecule has 0 bridgehead atoms. The molecule has 0 saturated carbocycles. The SMILES string of the molecule is COc1c(O)c2c(=O)cc(CO)c3c4c(CO)cc(=O)c5c(NCCCC(=O)O)c(CCCCC(=O)O)c6c(c(c1CC(C)=C6)c23)c54. The number of allylic oxidation sites excluding steroid dienone is 1. The molecule has 0 atom stereocenters. The third kappa shape index (κ3) is 5.06. The van der Waals surface area contributed by atoms with Crippen molar-refractivity contribution in [2.75, 3.05) is 19.0 Å². The Hall–Kier alpha value is -5.00. The van der Waals surface area contributed by atoms with E-state index in [0.717, 1.165) is 16.7 Å². The van der Waals surface area contributed by atoms with Gasteiger partial charge in [-0.2, -0.15) is 0 Å². The molecule has 5 aromatic carbocycles.